The van der Waals surface area contributed by atoms with Gasteiger partial charge in [0.25, 0.3) is 0 Å². The molecular formula is C15H12Cl2FN3. The van der Waals surface area contributed by atoms with E-state index in [1.54, 1.807) is 35.3 Å². The highest BCUT2D eigenvalue weighted by molar-refractivity contribution is 6.36. The number of benzene rings is 2. The lowest BCUT2D eigenvalue weighted by Gasteiger charge is -2.24. The SMILES string of the molecule is NC1=NN(c2ccc(Cl)cc2Cl)C(c2ccc(F)cc2)C1. The second kappa shape index (κ2) is 5.54. The van der Waals surface area contributed by atoms with Gasteiger partial charge in [0, 0.05) is 11.4 Å². The van der Waals surface area contributed by atoms with Crippen LogP contribution >= 0.6 is 23.2 Å². The lowest BCUT2D eigenvalue weighted by atomic mass is 10.0. The maximum absolute atomic E-state index is 13.1. The Labute approximate surface area is 131 Å². The maximum atomic E-state index is 13.1. The van der Waals surface area contributed by atoms with E-state index in [0.29, 0.717) is 22.3 Å². The van der Waals surface area contributed by atoms with Gasteiger partial charge in [0.15, 0.2) is 0 Å². The van der Waals surface area contributed by atoms with Crippen molar-refractivity contribution in [1.82, 2.24) is 0 Å². The fourth-order valence-electron chi connectivity index (χ4n) is 2.37. The van der Waals surface area contributed by atoms with E-state index in [4.69, 9.17) is 28.9 Å². The van der Waals surface area contributed by atoms with E-state index < -0.39 is 0 Å². The number of hydrogen-bond donors (Lipinski definition) is 1. The molecule has 1 heterocycles. The summed E-state index contributed by atoms with van der Waals surface area (Å²) >= 11 is 12.2. The summed E-state index contributed by atoms with van der Waals surface area (Å²) in [6, 6.07) is 11.4. The molecule has 0 saturated heterocycles. The van der Waals surface area contributed by atoms with Crippen LogP contribution in [0.3, 0.4) is 0 Å². The molecular weight excluding hydrogens is 312 g/mol. The van der Waals surface area contributed by atoms with Gasteiger partial charge in [0.05, 0.1) is 16.8 Å². The highest BCUT2D eigenvalue weighted by atomic mass is 35.5. The van der Waals surface area contributed by atoms with Gasteiger partial charge in [0.2, 0.25) is 0 Å². The number of nitrogens with two attached hydrogens (primary N) is 1. The molecule has 1 aliphatic rings. The minimum absolute atomic E-state index is 0.107. The molecule has 21 heavy (non-hydrogen) atoms. The average Bonchev–Trinajstić information content (AvgIpc) is 2.81. The molecule has 6 heteroatoms. The predicted octanol–water partition coefficient (Wildman–Crippen LogP) is 4.36. The van der Waals surface area contributed by atoms with E-state index in [2.05, 4.69) is 5.10 Å². The van der Waals surface area contributed by atoms with Gasteiger partial charge in [-0.2, -0.15) is 5.10 Å². The van der Waals surface area contributed by atoms with Crippen LogP contribution in [-0.2, 0) is 0 Å². The van der Waals surface area contributed by atoms with E-state index in [-0.39, 0.29) is 11.9 Å². The number of anilines is 1. The Balaban J connectivity index is 2.00. The fraction of sp³-hybridized carbons (Fsp3) is 0.133. The lowest BCUT2D eigenvalue weighted by Crippen LogP contribution is -2.19. The van der Waals surface area contributed by atoms with E-state index in [1.807, 2.05) is 0 Å². The Hall–Kier alpha value is -1.78. The number of hydrogen-bond acceptors (Lipinski definition) is 3. The third-order valence-electron chi connectivity index (χ3n) is 3.35. The number of amidine groups is 1. The quantitative estimate of drug-likeness (QED) is 0.892. The summed E-state index contributed by atoms with van der Waals surface area (Å²) in [5.74, 6) is 0.233. The summed E-state index contributed by atoms with van der Waals surface area (Å²) in [6.45, 7) is 0. The van der Waals surface area contributed by atoms with Crippen molar-refractivity contribution in [3.63, 3.8) is 0 Å². The number of nitrogens with zero attached hydrogens (tertiary/aromatic N) is 2. The van der Waals surface area contributed by atoms with Crippen LogP contribution in [0.5, 0.6) is 0 Å². The van der Waals surface area contributed by atoms with Crippen LogP contribution in [0.2, 0.25) is 10.0 Å². The zero-order valence-corrected chi connectivity index (χ0v) is 12.4. The van der Waals surface area contributed by atoms with Crippen molar-refractivity contribution in [2.24, 2.45) is 10.8 Å². The molecule has 108 valence electrons. The van der Waals surface area contributed by atoms with Gasteiger partial charge < -0.3 is 5.73 Å². The molecule has 0 radical (unpaired) electrons. The maximum Gasteiger partial charge on any atom is 0.123 e. The first kappa shape index (κ1) is 14.2. The third-order valence-corrected chi connectivity index (χ3v) is 3.88. The van der Waals surface area contributed by atoms with Crippen molar-refractivity contribution in [3.05, 3.63) is 63.9 Å². The van der Waals surface area contributed by atoms with Crippen LogP contribution < -0.4 is 10.7 Å². The first-order valence-corrected chi connectivity index (χ1v) is 7.13. The minimum atomic E-state index is -0.276. The molecule has 1 unspecified atom stereocenters. The van der Waals surface area contributed by atoms with Gasteiger partial charge >= 0.3 is 0 Å². The standard InChI is InChI=1S/C15H12Cl2FN3/c16-10-3-6-13(12(17)7-10)21-14(8-15(19)20-21)9-1-4-11(18)5-2-9/h1-7,14H,8H2,(H2,19,20). The second-order valence-electron chi connectivity index (χ2n) is 4.80. The summed E-state index contributed by atoms with van der Waals surface area (Å²) in [7, 11) is 0. The Kier molecular flexibility index (Phi) is 3.74. The van der Waals surface area contributed by atoms with Crippen molar-refractivity contribution in [2.75, 3.05) is 5.01 Å². The van der Waals surface area contributed by atoms with Gasteiger partial charge in [-0.25, -0.2) is 4.39 Å². The molecule has 0 aromatic heterocycles. The van der Waals surface area contributed by atoms with E-state index in [0.717, 1.165) is 11.3 Å². The highest BCUT2D eigenvalue weighted by Gasteiger charge is 2.29. The van der Waals surface area contributed by atoms with Crippen LogP contribution in [0.1, 0.15) is 18.0 Å². The van der Waals surface area contributed by atoms with Crippen molar-refractivity contribution < 1.29 is 4.39 Å². The molecule has 3 nitrogen and oxygen atoms in total. The smallest absolute Gasteiger partial charge is 0.123 e. The molecule has 2 aromatic carbocycles. The summed E-state index contributed by atoms with van der Waals surface area (Å²) in [6.07, 6.45) is 0.560. The monoisotopic (exact) mass is 323 g/mol. The Morgan fingerprint density at radius 3 is 2.52 bits per heavy atom. The molecule has 0 bridgehead atoms. The fourth-order valence-corrected chi connectivity index (χ4v) is 2.86. The van der Waals surface area contributed by atoms with E-state index >= 15 is 0 Å². The summed E-state index contributed by atoms with van der Waals surface area (Å²) in [4.78, 5) is 0. The second-order valence-corrected chi connectivity index (χ2v) is 5.65. The minimum Gasteiger partial charge on any atom is -0.386 e. The van der Waals surface area contributed by atoms with Crippen LogP contribution in [0.25, 0.3) is 0 Å². The summed E-state index contributed by atoms with van der Waals surface area (Å²) < 4.78 is 13.1. The molecule has 1 aliphatic heterocycles. The van der Waals surface area contributed by atoms with Crippen LogP contribution in [0.4, 0.5) is 10.1 Å². The molecule has 0 fully saturated rings. The first-order valence-electron chi connectivity index (χ1n) is 6.37. The molecule has 3 rings (SSSR count). The lowest BCUT2D eigenvalue weighted by molar-refractivity contribution is 0.624. The van der Waals surface area contributed by atoms with Gasteiger partial charge in [-0.1, -0.05) is 35.3 Å². The zero-order valence-electron chi connectivity index (χ0n) is 10.9. The molecule has 0 amide bonds. The van der Waals surface area contributed by atoms with Gasteiger partial charge in [-0.15, -0.1) is 0 Å². The van der Waals surface area contributed by atoms with Crippen molar-refractivity contribution in [3.8, 4) is 0 Å². The zero-order chi connectivity index (χ0) is 15.0. The molecule has 2 aromatic rings. The largest absolute Gasteiger partial charge is 0.386 e. The number of halogens is 3. The summed E-state index contributed by atoms with van der Waals surface area (Å²) in [5.41, 5.74) is 7.51. The van der Waals surface area contributed by atoms with Crippen molar-refractivity contribution >= 4 is 34.7 Å². The van der Waals surface area contributed by atoms with E-state index in [9.17, 15) is 4.39 Å². The van der Waals surface area contributed by atoms with Crippen LogP contribution in [0.15, 0.2) is 47.6 Å². The van der Waals surface area contributed by atoms with Crippen molar-refractivity contribution in [2.45, 2.75) is 12.5 Å². The van der Waals surface area contributed by atoms with Crippen LogP contribution in [-0.4, -0.2) is 5.84 Å². The molecule has 0 saturated carbocycles. The Morgan fingerprint density at radius 1 is 1.14 bits per heavy atom. The first-order chi connectivity index (χ1) is 10.0. The third kappa shape index (κ3) is 2.82. The van der Waals surface area contributed by atoms with Crippen LogP contribution in [0, 0.1) is 5.82 Å². The Bertz CT molecular complexity index is 701. The summed E-state index contributed by atoms with van der Waals surface area (Å²) in [5, 5.41) is 7.13. The molecule has 0 aliphatic carbocycles. The normalized spacial score (nSPS) is 18.0. The topological polar surface area (TPSA) is 41.6 Å². The molecule has 1 atom stereocenters. The molecule has 0 spiro atoms. The predicted molar refractivity (Wildman–Crippen MR) is 84.3 cm³/mol. The van der Waals surface area contributed by atoms with E-state index in [1.165, 1.54) is 12.1 Å². The average molecular weight is 324 g/mol. The number of rotatable bonds is 2. The number of hydrazone groups is 1. The Morgan fingerprint density at radius 2 is 1.86 bits per heavy atom. The van der Waals surface area contributed by atoms with Gasteiger partial charge in [-0.3, -0.25) is 5.01 Å². The molecule has 2 N–H and O–H groups in total. The van der Waals surface area contributed by atoms with Gasteiger partial charge in [-0.05, 0) is 35.9 Å². The van der Waals surface area contributed by atoms with Gasteiger partial charge in [0.1, 0.15) is 11.7 Å². The highest BCUT2D eigenvalue weighted by Crippen LogP contribution is 2.38. The van der Waals surface area contributed by atoms with Crippen molar-refractivity contribution in [1.29, 1.82) is 0 Å².